The van der Waals surface area contributed by atoms with Crippen molar-refractivity contribution < 1.29 is 9.84 Å². The van der Waals surface area contributed by atoms with Gasteiger partial charge in [-0.15, -0.1) is 0 Å². The summed E-state index contributed by atoms with van der Waals surface area (Å²) < 4.78 is 6.19. The lowest BCUT2D eigenvalue weighted by Crippen LogP contribution is -2.28. The molecule has 3 rings (SSSR count). The number of aryl methyl sites for hydroxylation is 2. The largest absolute Gasteiger partial charge is 0.493 e. The standard InChI is InChI=1S/C39H55NO2/c1-6-8-10-11-12-13-14-15-27-42-39-29-35(36(30-41)28-32(39)4)22-19-34-20-25-38(26-21-34)40(33(5)16-9-7-2)37-23-17-31(3)18-24-37/h17-26,28-29,33,41H,6-16,27,30H2,1-5H3. The summed E-state index contributed by atoms with van der Waals surface area (Å²) in [5.41, 5.74) is 7.87. The van der Waals surface area contributed by atoms with Gasteiger partial charge in [0.25, 0.3) is 0 Å². The molecule has 42 heavy (non-hydrogen) atoms. The number of nitrogens with zero attached hydrogens (tertiary/aromatic N) is 1. The monoisotopic (exact) mass is 569 g/mol. The molecule has 0 bridgehead atoms. The van der Waals surface area contributed by atoms with Crippen molar-refractivity contribution in [3.63, 3.8) is 0 Å². The van der Waals surface area contributed by atoms with Gasteiger partial charge in [0.15, 0.2) is 0 Å². The molecule has 228 valence electrons. The second kappa shape index (κ2) is 18.5. The molecule has 0 radical (unpaired) electrons. The molecule has 1 N–H and O–H groups in total. The molecule has 0 saturated heterocycles. The SMILES string of the molecule is CCCCCCCCCCOc1cc(C=Cc2ccc(N(c3ccc(C)cc3)C(C)CCCC)cc2)c(CO)cc1C. The molecule has 3 nitrogen and oxygen atoms in total. The summed E-state index contributed by atoms with van der Waals surface area (Å²) in [5.74, 6) is 0.917. The van der Waals surface area contributed by atoms with E-state index < -0.39 is 0 Å². The third-order valence-electron chi connectivity index (χ3n) is 8.22. The molecule has 1 atom stereocenters. The minimum absolute atomic E-state index is 0.0128. The fourth-order valence-electron chi connectivity index (χ4n) is 5.55. The normalized spacial score (nSPS) is 12.1. The van der Waals surface area contributed by atoms with Crippen molar-refractivity contribution in [3.8, 4) is 5.75 Å². The van der Waals surface area contributed by atoms with E-state index in [1.54, 1.807) is 0 Å². The Kier molecular flexibility index (Phi) is 14.7. The highest BCUT2D eigenvalue weighted by molar-refractivity contribution is 5.74. The first-order chi connectivity index (χ1) is 20.5. The van der Waals surface area contributed by atoms with E-state index in [0.29, 0.717) is 6.04 Å². The zero-order valence-electron chi connectivity index (χ0n) is 27.0. The fraction of sp³-hybridized carbons (Fsp3) is 0.487. The summed E-state index contributed by atoms with van der Waals surface area (Å²) in [6.45, 7) is 11.8. The predicted molar refractivity (Wildman–Crippen MR) is 183 cm³/mol. The van der Waals surface area contributed by atoms with Crippen LogP contribution >= 0.6 is 0 Å². The van der Waals surface area contributed by atoms with Crippen LogP contribution in [0.4, 0.5) is 11.4 Å². The lowest BCUT2D eigenvalue weighted by atomic mass is 10.0. The van der Waals surface area contributed by atoms with Gasteiger partial charge in [-0.25, -0.2) is 0 Å². The Labute approximate surface area is 256 Å². The van der Waals surface area contributed by atoms with Crippen LogP contribution < -0.4 is 9.64 Å². The number of hydrogen-bond acceptors (Lipinski definition) is 3. The number of benzene rings is 3. The van der Waals surface area contributed by atoms with Crippen molar-refractivity contribution in [3.05, 3.63) is 88.5 Å². The number of rotatable bonds is 19. The molecule has 0 aliphatic carbocycles. The topological polar surface area (TPSA) is 32.7 Å². The highest BCUT2D eigenvalue weighted by Gasteiger charge is 2.16. The Morgan fingerprint density at radius 3 is 1.95 bits per heavy atom. The van der Waals surface area contributed by atoms with Crippen molar-refractivity contribution in [2.24, 2.45) is 0 Å². The van der Waals surface area contributed by atoms with Crippen molar-refractivity contribution in [2.75, 3.05) is 11.5 Å². The zero-order valence-corrected chi connectivity index (χ0v) is 27.0. The summed E-state index contributed by atoms with van der Waals surface area (Å²) in [6.07, 6.45) is 18.2. The maximum absolute atomic E-state index is 10.0. The van der Waals surface area contributed by atoms with Crippen LogP contribution in [0.15, 0.2) is 60.7 Å². The molecule has 0 aromatic heterocycles. The van der Waals surface area contributed by atoms with E-state index in [-0.39, 0.29) is 6.61 Å². The van der Waals surface area contributed by atoms with Gasteiger partial charge in [0.05, 0.1) is 13.2 Å². The second-order valence-corrected chi connectivity index (χ2v) is 11.9. The maximum atomic E-state index is 10.0. The average molecular weight is 570 g/mol. The molecule has 1 unspecified atom stereocenters. The van der Waals surface area contributed by atoms with Gasteiger partial charge in [0.2, 0.25) is 0 Å². The van der Waals surface area contributed by atoms with Crippen LogP contribution in [0.3, 0.4) is 0 Å². The molecule has 3 aromatic rings. The Morgan fingerprint density at radius 2 is 1.33 bits per heavy atom. The van der Waals surface area contributed by atoms with Gasteiger partial charge < -0.3 is 14.7 Å². The number of ether oxygens (including phenoxy) is 1. The van der Waals surface area contributed by atoms with Crippen LogP contribution in [0.25, 0.3) is 12.2 Å². The van der Waals surface area contributed by atoms with E-state index in [2.05, 4.69) is 112 Å². The third-order valence-corrected chi connectivity index (χ3v) is 8.22. The van der Waals surface area contributed by atoms with Crippen LogP contribution in [0.1, 0.15) is 119 Å². The minimum atomic E-state index is 0.0128. The first-order valence-corrected chi connectivity index (χ1v) is 16.5. The predicted octanol–water partition coefficient (Wildman–Crippen LogP) is 11.2. The van der Waals surface area contributed by atoms with E-state index in [0.717, 1.165) is 47.5 Å². The lowest BCUT2D eigenvalue weighted by molar-refractivity contribution is 0.280. The molecule has 0 amide bonds. The number of anilines is 2. The highest BCUT2D eigenvalue weighted by atomic mass is 16.5. The molecule has 0 aliphatic heterocycles. The van der Waals surface area contributed by atoms with Gasteiger partial charge in [0, 0.05) is 17.4 Å². The Morgan fingerprint density at radius 1 is 0.738 bits per heavy atom. The van der Waals surface area contributed by atoms with Crippen LogP contribution in [0.2, 0.25) is 0 Å². The Hall–Kier alpha value is -3.04. The number of aliphatic hydroxyl groups excluding tert-OH is 1. The Bertz CT molecular complexity index is 1200. The number of hydrogen-bond donors (Lipinski definition) is 1. The third kappa shape index (κ3) is 10.7. The summed E-state index contributed by atoms with van der Waals surface area (Å²) in [4.78, 5) is 2.46. The summed E-state index contributed by atoms with van der Waals surface area (Å²) in [5, 5.41) is 10.0. The van der Waals surface area contributed by atoms with Gasteiger partial charge in [0.1, 0.15) is 5.75 Å². The second-order valence-electron chi connectivity index (χ2n) is 11.9. The molecule has 0 spiro atoms. The van der Waals surface area contributed by atoms with Crippen molar-refractivity contribution in [1.82, 2.24) is 0 Å². The van der Waals surface area contributed by atoms with Crippen LogP contribution in [-0.4, -0.2) is 17.8 Å². The smallest absolute Gasteiger partial charge is 0.122 e. The molecule has 0 heterocycles. The molecule has 3 aromatic carbocycles. The molecule has 3 heteroatoms. The van der Waals surface area contributed by atoms with Gasteiger partial charge in [-0.3, -0.25) is 0 Å². The zero-order chi connectivity index (χ0) is 30.2. The molecular formula is C39H55NO2. The minimum Gasteiger partial charge on any atom is -0.493 e. The number of unbranched alkanes of at least 4 members (excludes halogenated alkanes) is 8. The van der Waals surface area contributed by atoms with E-state index in [9.17, 15) is 5.11 Å². The van der Waals surface area contributed by atoms with Gasteiger partial charge >= 0.3 is 0 Å². The summed E-state index contributed by atoms with van der Waals surface area (Å²) >= 11 is 0. The summed E-state index contributed by atoms with van der Waals surface area (Å²) in [6, 6.07) is 22.2. The van der Waals surface area contributed by atoms with E-state index >= 15 is 0 Å². The first kappa shape index (κ1) is 33.5. The molecule has 0 aliphatic rings. The van der Waals surface area contributed by atoms with E-state index in [1.165, 1.54) is 74.7 Å². The highest BCUT2D eigenvalue weighted by Crippen LogP contribution is 2.31. The number of aliphatic hydroxyl groups is 1. The Balaban J connectivity index is 1.67. The average Bonchev–Trinajstić information content (AvgIpc) is 3.00. The van der Waals surface area contributed by atoms with Crippen molar-refractivity contribution >= 4 is 23.5 Å². The molecule has 0 saturated carbocycles. The van der Waals surface area contributed by atoms with Gasteiger partial charge in [-0.05, 0) is 92.3 Å². The van der Waals surface area contributed by atoms with Crippen LogP contribution in [0.5, 0.6) is 5.75 Å². The quantitative estimate of drug-likeness (QED) is 0.115. The van der Waals surface area contributed by atoms with Gasteiger partial charge in [-0.2, -0.15) is 0 Å². The fourth-order valence-corrected chi connectivity index (χ4v) is 5.55. The van der Waals surface area contributed by atoms with E-state index in [1.807, 2.05) is 0 Å². The van der Waals surface area contributed by atoms with Crippen molar-refractivity contribution in [2.45, 2.75) is 118 Å². The molecule has 0 fully saturated rings. The van der Waals surface area contributed by atoms with Crippen molar-refractivity contribution in [1.29, 1.82) is 0 Å². The van der Waals surface area contributed by atoms with Crippen LogP contribution in [0, 0.1) is 13.8 Å². The molecular weight excluding hydrogens is 514 g/mol. The summed E-state index contributed by atoms with van der Waals surface area (Å²) in [7, 11) is 0. The van der Waals surface area contributed by atoms with E-state index in [4.69, 9.17) is 4.74 Å². The van der Waals surface area contributed by atoms with Crippen LogP contribution in [-0.2, 0) is 6.61 Å². The maximum Gasteiger partial charge on any atom is 0.122 e. The van der Waals surface area contributed by atoms with Gasteiger partial charge in [-0.1, -0.05) is 114 Å². The first-order valence-electron chi connectivity index (χ1n) is 16.5. The lowest BCUT2D eigenvalue weighted by Gasteiger charge is -2.32.